The van der Waals surface area contributed by atoms with E-state index in [-0.39, 0.29) is 11.5 Å². The molecule has 1 heterocycles. The number of aromatic nitrogens is 2. The van der Waals surface area contributed by atoms with Gasteiger partial charge in [-0.2, -0.15) is 4.98 Å². The van der Waals surface area contributed by atoms with Gasteiger partial charge in [0.2, 0.25) is 11.7 Å². The van der Waals surface area contributed by atoms with E-state index in [1.54, 1.807) is 7.11 Å². The summed E-state index contributed by atoms with van der Waals surface area (Å²) in [6.07, 6.45) is 1.58. The van der Waals surface area contributed by atoms with E-state index in [4.69, 9.17) is 15.0 Å². The molecule has 0 aliphatic carbocycles. The number of methoxy groups -OCH3 is 1. The van der Waals surface area contributed by atoms with Crippen molar-refractivity contribution in [3.05, 3.63) is 11.7 Å². The summed E-state index contributed by atoms with van der Waals surface area (Å²) in [6.45, 7) is 10.2. The number of nitrogens with zero attached hydrogens (tertiary/aromatic N) is 2. The third-order valence-corrected chi connectivity index (χ3v) is 2.96. The number of rotatable bonds is 5. The molecule has 0 aromatic carbocycles. The summed E-state index contributed by atoms with van der Waals surface area (Å²) in [7, 11) is 1.65. The molecule has 2 atom stereocenters. The molecule has 0 aliphatic rings. The molecule has 2 unspecified atom stereocenters. The highest BCUT2D eigenvalue weighted by molar-refractivity contribution is 5.03. The van der Waals surface area contributed by atoms with Crippen molar-refractivity contribution in [2.75, 3.05) is 7.11 Å². The van der Waals surface area contributed by atoms with Gasteiger partial charge in [0.25, 0.3) is 0 Å². The predicted molar refractivity (Wildman–Crippen MR) is 70.0 cm³/mol. The van der Waals surface area contributed by atoms with Gasteiger partial charge in [0.1, 0.15) is 6.10 Å². The van der Waals surface area contributed by atoms with Gasteiger partial charge in [-0.05, 0) is 18.8 Å². The largest absolute Gasteiger partial charge is 0.373 e. The zero-order chi connectivity index (χ0) is 14.0. The Morgan fingerprint density at radius 2 is 1.94 bits per heavy atom. The molecule has 1 aromatic heterocycles. The Bertz CT molecular complexity index is 380. The lowest BCUT2D eigenvalue weighted by molar-refractivity contribution is 0.00718. The standard InChI is InChI=1S/C13H25N3O2/c1-7-8-13(5,14)11-15-10(16-18-11)9(17-6)12(2,3)4/h9H,7-8,14H2,1-6H3. The number of ether oxygens (including phenoxy) is 1. The van der Waals surface area contributed by atoms with Crippen LogP contribution in [0.5, 0.6) is 0 Å². The molecule has 2 N–H and O–H groups in total. The maximum atomic E-state index is 6.18. The highest BCUT2D eigenvalue weighted by Gasteiger charge is 2.33. The second-order valence-corrected chi connectivity index (χ2v) is 6.11. The summed E-state index contributed by atoms with van der Waals surface area (Å²) >= 11 is 0. The lowest BCUT2D eigenvalue weighted by Crippen LogP contribution is -2.33. The van der Waals surface area contributed by atoms with Crippen LogP contribution in [0.15, 0.2) is 4.52 Å². The normalized spacial score (nSPS) is 17.5. The summed E-state index contributed by atoms with van der Waals surface area (Å²) in [5, 5.41) is 4.01. The molecule has 5 nitrogen and oxygen atoms in total. The first-order valence-electron chi connectivity index (χ1n) is 6.38. The second kappa shape index (κ2) is 5.36. The number of hydrogen-bond acceptors (Lipinski definition) is 5. The van der Waals surface area contributed by atoms with Gasteiger partial charge < -0.3 is 15.0 Å². The Morgan fingerprint density at radius 1 is 1.33 bits per heavy atom. The minimum absolute atomic E-state index is 0.0916. The fourth-order valence-corrected chi connectivity index (χ4v) is 2.05. The summed E-state index contributed by atoms with van der Waals surface area (Å²) < 4.78 is 10.8. The van der Waals surface area contributed by atoms with E-state index in [2.05, 4.69) is 37.8 Å². The van der Waals surface area contributed by atoms with Gasteiger partial charge in [-0.25, -0.2) is 0 Å². The smallest absolute Gasteiger partial charge is 0.246 e. The Balaban J connectivity index is 2.99. The summed E-state index contributed by atoms with van der Waals surface area (Å²) in [4.78, 5) is 4.41. The van der Waals surface area contributed by atoms with E-state index in [9.17, 15) is 0 Å². The molecule has 1 aromatic rings. The molecule has 1 rings (SSSR count). The van der Waals surface area contributed by atoms with Crippen molar-refractivity contribution in [1.82, 2.24) is 10.1 Å². The first-order chi connectivity index (χ1) is 8.22. The van der Waals surface area contributed by atoms with Crippen LogP contribution >= 0.6 is 0 Å². The third kappa shape index (κ3) is 3.29. The minimum Gasteiger partial charge on any atom is -0.373 e. The SMILES string of the molecule is CCCC(C)(N)c1nc(C(OC)C(C)(C)C)no1. The van der Waals surface area contributed by atoms with Crippen molar-refractivity contribution >= 4 is 0 Å². The molecule has 0 spiro atoms. The fourth-order valence-electron chi connectivity index (χ4n) is 2.05. The van der Waals surface area contributed by atoms with Crippen molar-refractivity contribution < 1.29 is 9.26 Å². The van der Waals surface area contributed by atoms with Gasteiger partial charge in [-0.1, -0.05) is 39.3 Å². The molecule has 0 fully saturated rings. The first-order valence-corrected chi connectivity index (χ1v) is 6.38. The average Bonchev–Trinajstić information content (AvgIpc) is 2.66. The highest BCUT2D eigenvalue weighted by Crippen LogP contribution is 2.34. The van der Waals surface area contributed by atoms with Crippen LogP contribution in [0.25, 0.3) is 0 Å². The van der Waals surface area contributed by atoms with E-state index in [1.165, 1.54) is 0 Å². The van der Waals surface area contributed by atoms with Gasteiger partial charge in [-0.15, -0.1) is 0 Å². The molecule has 0 aliphatic heterocycles. The van der Waals surface area contributed by atoms with E-state index >= 15 is 0 Å². The van der Waals surface area contributed by atoms with E-state index in [1.807, 2.05) is 6.92 Å². The average molecular weight is 255 g/mol. The first kappa shape index (κ1) is 15.1. The third-order valence-electron chi connectivity index (χ3n) is 2.96. The Labute approximate surface area is 109 Å². The molecule has 0 saturated heterocycles. The predicted octanol–water partition coefficient (Wildman–Crippen LogP) is 2.78. The van der Waals surface area contributed by atoms with Crippen LogP contribution < -0.4 is 5.73 Å². The van der Waals surface area contributed by atoms with E-state index < -0.39 is 5.54 Å². The Hall–Kier alpha value is -0.940. The summed E-state index contributed by atoms with van der Waals surface area (Å²) in [6, 6.07) is 0. The van der Waals surface area contributed by atoms with Crippen molar-refractivity contribution in [2.24, 2.45) is 11.1 Å². The highest BCUT2D eigenvalue weighted by atomic mass is 16.5. The molecule has 0 radical (unpaired) electrons. The maximum Gasteiger partial charge on any atom is 0.246 e. The van der Waals surface area contributed by atoms with Gasteiger partial charge >= 0.3 is 0 Å². The van der Waals surface area contributed by atoms with Crippen molar-refractivity contribution in [3.63, 3.8) is 0 Å². The van der Waals surface area contributed by atoms with Crippen LogP contribution in [0, 0.1) is 5.41 Å². The van der Waals surface area contributed by atoms with Gasteiger partial charge in [-0.3, -0.25) is 0 Å². The van der Waals surface area contributed by atoms with E-state index in [0.717, 1.165) is 12.8 Å². The van der Waals surface area contributed by atoms with E-state index in [0.29, 0.717) is 11.7 Å². The van der Waals surface area contributed by atoms with Crippen molar-refractivity contribution in [3.8, 4) is 0 Å². The topological polar surface area (TPSA) is 74.2 Å². The zero-order valence-corrected chi connectivity index (χ0v) is 12.3. The van der Waals surface area contributed by atoms with Crippen LogP contribution in [0.3, 0.4) is 0 Å². The van der Waals surface area contributed by atoms with Crippen molar-refractivity contribution in [1.29, 1.82) is 0 Å². The summed E-state index contributed by atoms with van der Waals surface area (Å²) in [5.41, 5.74) is 5.51. The monoisotopic (exact) mass is 255 g/mol. The number of nitrogens with two attached hydrogens (primary N) is 1. The molecule has 5 heteroatoms. The lowest BCUT2D eigenvalue weighted by atomic mass is 9.88. The molecular weight excluding hydrogens is 230 g/mol. The Morgan fingerprint density at radius 3 is 2.39 bits per heavy atom. The van der Waals surface area contributed by atoms with Crippen LogP contribution in [-0.4, -0.2) is 17.3 Å². The maximum absolute atomic E-state index is 6.18. The minimum atomic E-state index is -0.573. The Kier molecular flexibility index (Phi) is 4.50. The molecule has 0 bridgehead atoms. The molecule has 0 saturated carbocycles. The molecule has 0 amide bonds. The summed E-state index contributed by atoms with van der Waals surface area (Å²) in [5.74, 6) is 1.04. The number of hydrogen-bond donors (Lipinski definition) is 1. The van der Waals surface area contributed by atoms with Crippen LogP contribution in [0.1, 0.15) is 65.3 Å². The fraction of sp³-hybridized carbons (Fsp3) is 0.846. The quantitative estimate of drug-likeness (QED) is 0.875. The van der Waals surface area contributed by atoms with Gasteiger partial charge in [0.15, 0.2) is 0 Å². The molecular formula is C13H25N3O2. The molecule has 18 heavy (non-hydrogen) atoms. The lowest BCUT2D eigenvalue weighted by Gasteiger charge is -2.26. The molecule has 104 valence electrons. The van der Waals surface area contributed by atoms with Crippen LogP contribution in [0.4, 0.5) is 0 Å². The van der Waals surface area contributed by atoms with Crippen molar-refractivity contribution in [2.45, 2.75) is 59.1 Å². The van der Waals surface area contributed by atoms with Gasteiger partial charge in [0.05, 0.1) is 5.54 Å². The van der Waals surface area contributed by atoms with Crippen LogP contribution in [-0.2, 0) is 10.3 Å². The zero-order valence-electron chi connectivity index (χ0n) is 12.3. The second-order valence-electron chi connectivity index (χ2n) is 6.11. The van der Waals surface area contributed by atoms with Crippen LogP contribution in [0.2, 0.25) is 0 Å². The van der Waals surface area contributed by atoms with Gasteiger partial charge in [0, 0.05) is 7.11 Å².